The molecule has 0 nitrogen and oxygen atoms in total. The third-order valence-electron chi connectivity index (χ3n) is 2.66. The topological polar surface area (TPSA) is 0 Å². The Morgan fingerprint density at radius 1 is 0.917 bits per heavy atom. The average molecular weight is 287 g/mol. The predicted molar refractivity (Wildman–Crippen MR) is 47.5 cm³/mol. The Labute approximate surface area is 75.7 Å². The van der Waals surface area contributed by atoms with Gasteiger partial charge in [-0.1, -0.05) is 0 Å². The molecule has 0 aromatic rings. The quantitative estimate of drug-likeness (QED) is 0.682. The zero-order valence-electron chi connectivity index (χ0n) is 7.76. The number of rotatable bonds is 4. The van der Waals surface area contributed by atoms with E-state index in [1.807, 2.05) is 20.8 Å². The SMILES string of the molecule is C[CH2][Sn]([CH2]C)([CH2]C)[C](F)=C(F)F. The molecule has 0 spiro atoms. The summed E-state index contributed by atoms with van der Waals surface area (Å²) < 4.78 is 38.0. The summed E-state index contributed by atoms with van der Waals surface area (Å²) in [7, 11) is 0. The third-order valence-corrected chi connectivity index (χ3v) is 17.4. The molecule has 0 aromatic heterocycles. The van der Waals surface area contributed by atoms with Gasteiger partial charge >= 0.3 is 75.6 Å². The van der Waals surface area contributed by atoms with Gasteiger partial charge in [-0.15, -0.1) is 0 Å². The minimum absolute atomic E-state index is 0.630. The van der Waals surface area contributed by atoms with E-state index in [1.54, 1.807) is 0 Å². The Morgan fingerprint density at radius 2 is 1.25 bits per heavy atom. The van der Waals surface area contributed by atoms with Crippen molar-refractivity contribution in [2.75, 3.05) is 0 Å². The van der Waals surface area contributed by atoms with Crippen molar-refractivity contribution in [2.24, 2.45) is 0 Å². The second kappa shape index (κ2) is 5.14. The molecule has 72 valence electrons. The molecule has 0 radical (unpaired) electrons. The maximum absolute atomic E-state index is 13.1. The average Bonchev–Trinajstić information content (AvgIpc) is 2.08. The van der Waals surface area contributed by atoms with E-state index in [-0.39, 0.29) is 0 Å². The predicted octanol–water partition coefficient (Wildman–Crippen LogP) is 4.11. The summed E-state index contributed by atoms with van der Waals surface area (Å²) in [4.78, 5) is 0. The van der Waals surface area contributed by atoms with Crippen molar-refractivity contribution < 1.29 is 13.2 Å². The van der Waals surface area contributed by atoms with Crippen LogP contribution < -0.4 is 0 Å². The molecule has 0 aliphatic heterocycles. The summed E-state index contributed by atoms with van der Waals surface area (Å²) in [5.74, 6) is 0. The summed E-state index contributed by atoms with van der Waals surface area (Å²) in [6.45, 7) is 5.48. The first kappa shape index (κ1) is 12.3. The van der Waals surface area contributed by atoms with Crippen molar-refractivity contribution in [1.82, 2.24) is 0 Å². The van der Waals surface area contributed by atoms with Crippen LogP contribution in [0.15, 0.2) is 9.92 Å². The third kappa shape index (κ3) is 2.41. The maximum atomic E-state index is 13.1. The fraction of sp³-hybridized carbons (Fsp3) is 0.750. The molecule has 0 saturated heterocycles. The van der Waals surface area contributed by atoms with Gasteiger partial charge < -0.3 is 0 Å². The Hall–Kier alpha value is 0.329. The van der Waals surface area contributed by atoms with E-state index in [2.05, 4.69) is 0 Å². The van der Waals surface area contributed by atoms with Crippen molar-refractivity contribution in [2.45, 2.75) is 34.1 Å². The van der Waals surface area contributed by atoms with Crippen molar-refractivity contribution in [3.05, 3.63) is 9.92 Å². The Morgan fingerprint density at radius 3 is 1.33 bits per heavy atom. The van der Waals surface area contributed by atoms with Crippen LogP contribution in [-0.4, -0.2) is 18.4 Å². The van der Waals surface area contributed by atoms with Crippen LogP contribution in [-0.2, 0) is 0 Å². The number of hydrogen-bond acceptors (Lipinski definition) is 0. The second-order valence-electron chi connectivity index (χ2n) is 2.92. The van der Waals surface area contributed by atoms with E-state index < -0.39 is 28.3 Å². The fourth-order valence-corrected chi connectivity index (χ4v) is 9.50. The van der Waals surface area contributed by atoms with E-state index in [0.29, 0.717) is 13.3 Å². The van der Waals surface area contributed by atoms with Gasteiger partial charge in [-0.05, 0) is 0 Å². The van der Waals surface area contributed by atoms with Gasteiger partial charge in [0.05, 0.1) is 0 Å². The zero-order valence-corrected chi connectivity index (χ0v) is 10.6. The van der Waals surface area contributed by atoms with E-state index in [9.17, 15) is 13.2 Å². The summed E-state index contributed by atoms with van der Waals surface area (Å²) in [6.07, 6.45) is -2.07. The molecule has 12 heavy (non-hydrogen) atoms. The van der Waals surface area contributed by atoms with E-state index >= 15 is 0 Å². The van der Waals surface area contributed by atoms with Crippen molar-refractivity contribution in [3.63, 3.8) is 0 Å². The summed E-state index contributed by atoms with van der Waals surface area (Å²) in [5.41, 5.74) is 0. The van der Waals surface area contributed by atoms with Crippen LogP contribution in [0.4, 0.5) is 13.2 Å². The minimum atomic E-state index is -3.18. The molecule has 0 heterocycles. The molecule has 0 saturated carbocycles. The van der Waals surface area contributed by atoms with Crippen LogP contribution in [0.3, 0.4) is 0 Å². The zero-order chi connectivity index (χ0) is 9.78. The molecule has 4 heteroatoms. The number of hydrogen-bond donors (Lipinski definition) is 0. The first-order valence-corrected chi connectivity index (χ1v) is 11.7. The summed E-state index contributed by atoms with van der Waals surface area (Å²) >= 11 is -3.18. The number of halogens is 3. The van der Waals surface area contributed by atoms with Gasteiger partial charge in [-0.2, -0.15) is 0 Å². The van der Waals surface area contributed by atoms with Gasteiger partial charge in [0.2, 0.25) is 0 Å². The van der Waals surface area contributed by atoms with Crippen LogP contribution in [0.25, 0.3) is 0 Å². The van der Waals surface area contributed by atoms with Crippen molar-refractivity contribution in [3.8, 4) is 0 Å². The summed E-state index contributed by atoms with van der Waals surface area (Å²) in [5, 5.41) is 0. The van der Waals surface area contributed by atoms with Crippen LogP contribution in [0, 0.1) is 0 Å². The molecule has 0 atom stereocenters. The monoisotopic (exact) mass is 288 g/mol. The van der Waals surface area contributed by atoms with Crippen LogP contribution in [0.1, 0.15) is 20.8 Å². The molecule has 0 unspecified atom stereocenters. The summed E-state index contributed by atoms with van der Waals surface area (Å²) in [6, 6.07) is 0. The molecular weight excluding hydrogens is 272 g/mol. The van der Waals surface area contributed by atoms with Crippen molar-refractivity contribution >= 4 is 18.4 Å². The van der Waals surface area contributed by atoms with Gasteiger partial charge in [0.25, 0.3) is 0 Å². The molecule has 0 bridgehead atoms. The first-order valence-electron chi connectivity index (χ1n) is 4.25. The first-order chi connectivity index (χ1) is 5.54. The van der Waals surface area contributed by atoms with Gasteiger partial charge in [0.1, 0.15) is 0 Å². The fourth-order valence-electron chi connectivity index (χ4n) is 1.42. The Bertz CT molecular complexity index is 161. The van der Waals surface area contributed by atoms with Crippen LogP contribution in [0.2, 0.25) is 13.3 Å². The van der Waals surface area contributed by atoms with E-state index in [0.717, 1.165) is 0 Å². The molecule has 0 aliphatic carbocycles. The van der Waals surface area contributed by atoms with Gasteiger partial charge in [-0.25, -0.2) is 0 Å². The Kier molecular flexibility index (Phi) is 5.28. The van der Waals surface area contributed by atoms with Gasteiger partial charge in [0, 0.05) is 0 Å². The molecule has 0 aromatic carbocycles. The van der Waals surface area contributed by atoms with Crippen molar-refractivity contribution in [1.29, 1.82) is 0 Å². The molecule has 0 amide bonds. The van der Waals surface area contributed by atoms with E-state index in [1.165, 1.54) is 0 Å². The van der Waals surface area contributed by atoms with Crippen LogP contribution >= 0.6 is 0 Å². The Balaban J connectivity index is 4.84. The normalized spacial score (nSPS) is 11.5. The second-order valence-corrected chi connectivity index (χ2v) is 17.5. The van der Waals surface area contributed by atoms with Gasteiger partial charge in [-0.3, -0.25) is 0 Å². The standard InChI is InChI=1S/C2F3.3C2H5.Sn/c3-1-2(4)5;3*1-2;/h;3*1H2,2H3;. The molecular formula is C8H15F3Sn. The molecule has 0 N–H and O–H groups in total. The van der Waals surface area contributed by atoms with E-state index in [4.69, 9.17) is 0 Å². The molecule has 0 rings (SSSR count). The van der Waals surface area contributed by atoms with Gasteiger partial charge in [0.15, 0.2) is 0 Å². The molecule has 0 fully saturated rings. The van der Waals surface area contributed by atoms with Crippen LogP contribution in [0.5, 0.6) is 0 Å². The molecule has 0 aliphatic rings.